The van der Waals surface area contributed by atoms with Crippen LogP contribution in [0, 0.1) is 0 Å². The molecule has 0 aliphatic heterocycles. The van der Waals surface area contributed by atoms with Crippen LogP contribution in [0.5, 0.6) is 5.75 Å². The van der Waals surface area contributed by atoms with E-state index in [1.54, 1.807) is 19.2 Å². The molecule has 0 atom stereocenters. The number of ether oxygens (including phenoxy) is 3. The van der Waals surface area contributed by atoms with Crippen LogP contribution in [0.4, 0.5) is 13.2 Å². The Labute approximate surface area is 115 Å². The smallest absolute Gasteiger partial charge is 0.491 e. The second-order valence-corrected chi connectivity index (χ2v) is 3.96. The van der Waals surface area contributed by atoms with Gasteiger partial charge in [0, 0.05) is 20.2 Å². The largest absolute Gasteiger partial charge is 0.522 e. The lowest BCUT2D eigenvalue weighted by atomic mass is 10.2. The van der Waals surface area contributed by atoms with Crippen molar-refractivity contribution in [1.82, 2.24) is 5.32 Å². The summed E-state index contributed by atoms with van der Waals surface area (Å²) in [6, 6.07) is 7.11. The lowest BCUT2D eigenvalue weighted by Crippen LogP contribution is -2.18. The number of alkyl halides is 3. The van der Waals surface area contributed by atoms with Crippen LogP contribution in [0.15, 0.2) is 24.3 Å². The molecule has 114 valence electrons. The van der Waals surface area contributed by atoms with E-state index >= 15 is 0 Å². The van der Waals surface area contributed by atoms with Crippen LogP contribution in [-0.4, -0.2) is 39.8 Å². The predicted octanol–water partition coefficient (Wildman–Crippen LogP) is 2.34. The minimum absolute atomic E-state index is 0.148. The summed E-state index contributed by atoms with van der Waals surface area (Å²) in [5.74, 6) is 0.511. The van der Waals surface area contributed by atoms with Crippen LogP contribution in [-0.2, 0) is 16.0 Å². The Balaban J connectivity index is 2.21. The number of hydrogen-bond acceptors (Lipinski definition) is 4. The van der Waals surface area contributed by atoms with Gasteiger partial charge in [-0.25, -0.2) is 0 Å². The average molecular weight is 293 g/mol. The second kappa shape index (κ2) is 8.78. The molecule has 0 fully saturated rings. The third kappa shape index (κ3) is 7.98. The summed E-state index contributed by atoms with van der Waals surface area (Å²) < 4.78 is 48.8. The molecule has 0 saturated carbocycles. The van der Waals surface area contributed by atoms with Crippen molar-refractivity contribution in [2.24, 2.45) is 0 Å². The normalized spacial score (nSPS) is 11.6. The van der Waals surface area contributed by atoms with Crippen molar-refractivity contribution in [2.45, 2.75) is 12.9 Å². The number of hydrogen-bond donors (Lipinski definition) is 1. The molecule has 20 heavy (non-hydrogen) atoms. The maximum atomic E-state index is 11.7. The van der Waals surface area contributed by atoms with Gasteiger partial charge in [0.2, 0.25) is 0 Å². The van der Waals surface area contributed by atoms with E-state index in [4.69, 9.17) is 9.47 Å². The van der Waals surface area contributed by atoms with E-state index in [2.05, 4.69) is 10.1 Å². The molecule has 0 aliphatic rings. The van der Waals surface area contributed by atoms with Crippen molar-refractivity contribution >= 4 is 0 Å². The Morgan fingerprint density at radius 2 is 1.75 bits per heavy atom. The van der Waals surface area contributed by atoms with Crippen LogP contribution in [0.3, 0.4) is 0 Å². The molecule has 0 aliphatic carbocycles. The molecule has 1 rings (SSSR count). The third-order valence-electron chi connectivity index (χ3n) is 2.35. The first-order valence-electron chi connectivity index (χ1n) is 6.13. The van der Waals surface area contributed by atoms with Gasteiger partial charge >= 0.3 is 6.36 Å². The molecule has 1 aromatic carbocycles. The zero-order chi connectivity index (χ0) is 14.8. The minimum Gasteiger partial charge on any atom is -0.491 e. The van der Waals surface area contributed by atoms with E-state index in [0.717, 1.165) is 12.1 Å². The molecule has 0 saturated heterocycles. The number of nitrogens with one attached hydrogen (secondary N) is 1. The molecule has 4 nitrogen and oxygen atoms in total. The van der Waals surface area contributed by atoms with Crippen LogP contribution >= 0.6 is 0 Å². The molecule has 1 N–H and O–H groups in total. The number of rotatable bonds is 9. The Morgan fingerprint density at radius 1 is 1.05 bits per heavy atom. The van der Waals surface area contributed by atoms with E-state index in [0.29, 0.717) is 18.9 Å². The van der Waals surface area contributed by atoms with E-state index in [1.807, 2.05) is 12.1 Å². The summed E-state index contributed by atoms with van der Waals surface area (Å²) in [5, 5.41) is 3.18. The molecular weight excluding hydrogens is 275 g/mol. The first-order chi connectivity index (χ1) is 9.51. The van der Waals surface area contributed by atoms with Crippen molar-refractivity contribution in [3.63, 3.8) is 0 Å². The van der Waals surface area contributed by atoms with E-state index in [9.17, 15) is 13.2 Å². The van der Waals surface area contributed by atoms with Crippen molar-refractivity contribution in [3.05, 3.63) is 29.8 Å². The molecular formula is C13H18F3NO3. The van der Waals surface area contributed by atoms with Crippen LogP contribution in [0.25, 0.3) is 0 Å². The highest BCUT2D eigenvalue weighted by molar-refractivity contribution is 5.27. The monoisotopic (exact) mass is 293 g/mol. The van der Waals surface area contributed by atoms with Gasteiger partial charge < -0.3 is 14.8 Å². The Hall–Kier alpha value is -1.31. The van der Waals surface area contributed by atoms with Crippen molar-refractivity contribution < 1.29 is 27.4 Å². The summed E-state index contributed by atoms with van der Waals surface area (Å²) in [6.45, 7) is 1.42. The highest BCUT2D eigenvalue weighted by Crippen LogP contribution is 2.16. The van der Waals surface area contributed by atoms with Crippen molar-refractivity contribution in [3.8, 4) is 5.75 Å². The molecule has 0 aromatic heterocycles. The first-order valence-corrected chi connectivity index (χ1v) is 6.13. The summed E-state index contributed by atoms with van der Waals surface area (Å²) in [4.78, 5) is 0. The van der Waals surface area contributed by atoms with E-state index in [-0.39, 0.29) is 6.61 Å². The molecule has 7 heteroatoms. The van der Waals surface area contributed by atoms with Gasteiger partial charge in [0.1, 0.15) is 12.4 Å². The molecule has 0 amide bonds. The summed E-state index contributed by atoms with van der Waals surface area (Å²) >= 11 is 0. The molecule has 1 aromatic rings. The summed E-state index contributed by atoms with van der Waals surface area (Å²) in [5.41, 5.74) is 1.06. The first kappa shape index (κ1) is 16.7. The molecule has 0 heterocycles. The molecule has 0 radical (unpaired) electrons. The van der Waals surface area contributed by atoms with E-state index < -0.39 is 13.0 Å². The Bertz CT molecular complexity index is 368. The predicted molar refractivity (Wildman–Crippen MR) is 67.5 cm³/mol. The minimum atomic E-state index is -4.61. The Kier molecular flexibility index (Phi) is 7.35. The fraction of sp³-hybridized carbons (Fsp3) is 0.538. The van der Waals surface area contributed by atoms with Gasteiger partial charge in [-0.3, -0.25) is 4.74 Å². The lowest BCUT2D eigenvalue weighted by Gasteiger charge is -2.09. The van der Waals surface area contributed by atoms with Gasteiger partial charge in [-0.15, -0.1) is 13.2 Å². The standard InChI is InChI=1S/C13H18F3NO3/c1-18-7-6-17-10-11-2-4-12(5-3-11)19-8-9-20-13(14,15)16/h2-5,17H,6-10H2,1H3. The zero-order valence-corrected chi connectivity index (χ0v) is 11.2. The number of methoxy groups -OCH3 is 1. The zero-order valence-electron chi connectivity index (χ0n) is 11.2. The van der Waals surface area contributed by atoms with Crippen molar-refractivity contribution in [2.75, 3.05) is 33.5 Å². The maximum Gasteiger partial charge on any atom is 0.522 e. The molecule has 0 unspecified atom stereocenters. The van der Waals surface area contributed by atoms with Gasteiger partial charge in [0.25, 0.3) is 0 Å². The number of benzene rings is 1. The quantitative estimate of drug-likeness (QED) is 0.709. The van der Waals surface area contributed by atoms with Crippen LogP contribution in [0.1, 0.15) is 5.56 Å². The third-order valence-corrected chi connectivity index (χ3v) is 2.35. The fourth-order valence-electron chi connectivity index (χ4n) is 1.43. The van der Waals surface area contributed by atoms with Crippen molar-refractivity contribution in [1.29, 1.82) is 0 Å². The van der Waals surface area contributed by atoms with Gasteiger partial charge in [0.15, 0.2) is 0 Å². The SMILES string of the molecule is COCCNCc1ccc(OCCOC(F)(F)F)cc1. The average Bonchev–Trinajstić information content (AvgIpc) is 2.40. The highest BCUT2D eigenvalue weighted by atomic mass is 19.4. The fourth-order valence-corrected chi connectivity index (χ4v) is 1.43. The number of halogens is 3. The van der Waals surface area contributed by atoms with Crippen LogP contribution < -0.4 is 10.1 Å². The molecule has 0 spiro atoms. The van der Waals surface area contributed by atoms with Gasteiger partial charge in [-0.2, -0.15) is 0 Å². The van der Waals surface area contributed by atoms with Gasteiger partial charge in [-0.1, -0.05) is 12.1 Å². The maximum absolute atomic E-state index is 11.7. The second-order valence-electron chi connectivity index (χ2n) is 3.96. The summed E-state index contributed by atoms with van der Waals surface area (Å²) in [7, 11) is 1.64. The van der Waals surface area contributed by atoms with Crippen LogP contribution in [0.2, 0.25) is 0 Å². The summed E-state index contributed by atoms with van der Waals surface area (Å²) in [6.07, 6.45) is -4.61. The van der Waals surface area contributed by atoms with E-state index in [1.165, 1.54) is 0 Å². The Morgan fingerprint density at radius 3 is 2.35 bits per heavy atom. The highest BCUT2D eigenvalue weighted by Gasteiger charge is 2.28. The van der Waals surface area contributed by atoms with Gasteiger partial charge in [0.05, 0.1) is 13.2 Å². The molecule has 0 bridgehead atoms. The topological polar surface area (TPSA) is 39.7 Å². The van der Waals surface area contributed by atoms with Gasteiger partial charge in [-0.05, 0) is 17.7 Å². The lowest BCUT2D eigenvalue weighted by molar-refractivity contribution is -0.325.